The van der Waals surface area contributed by atoms with Crippen LogP contribution in [-0.4, -0.2) is 13.2 Å². The first-order valence-electron chi connectivity index (χ1n) is 6.81. The molecule has 0 atom stereocenters. The Kier molecular flexibility index (Phi) is 5.45. The van der Waals surface area contributed by atoms with Gasteiger partial charge in [-0.3, -0.25) is 0 Å². The fourth-order valence-electron chi connectivity index (χ4n) is 2.00. The van der Waals surface area contributed by atoms with Crippen LogP contribution >= 0.6 is 0 Å². The predicted octanol–water partition coefficient (Wildman–Crippen LogP) is 3.46. The molecule has 0 unspecified atom stereocenters. The predicted molar refractivity (Wildman–Crippen MR) is 80.1 cm³/mol. The van der Waals surface area contributed by atoms with Gasteiger partial charge in [-0.05, 0) is 42.5 Å². The largest absolute Gasteiger partial charge is 0.399 e. The number of rotatable bonds is 7. The number of nitrogen functional groups attached to an aromatic ring is 1. The zero-order valence-electron chi connectivity index (χ0n) is 11.2. The van der Waals surface area contributed by atoms with Crippen molar-refractivity contribution in [1.29, 1.82) is 0 Å². The Morgan fingerprint density at radius 1 is 0.737 bits per heavy atom. The first-order chi connectivity index (χ1) is 9.34. The van der Waals surface area contributed by atoms with Gasteiger partial charge in [0.25, 0.3) is 0 Å². The van der Waals surface area contributed by atoms with Crippen molar-refractivity contribution in [2.75, 3.05) is 18.9 Å². The molecule has 0 aliphatic heterocycles. The summed E-state index contributed by atoms with van der Waals surface area (Å²) in [6, 6.07) is 18.5. The summed E-state index contributed by atoms with van der Waals surface area (Å²) < 4.78 is 5.66. The molecule has 100 valence electrons. The van der Waals surface area contributed by atoms with E-state index >= 15 is 0 Å². The summed E-state index contributed by atoms with van der Waals surface area (Å²) in [5.41, 5.74) is 9.11. The van der Waals surface area contributed by atoms with Gasteiger partial charge in [0.05, 0.1) is 6.61 Å². The summed E-state index contributed by atoms with van der Waals surface area (Å²) in [5, 5.41) is 0. The lowest BCUT2D eigenvalue weighted by molar-refractivity contribution is 0.135. The fraction of sp³-hybridized carbons (Fsp3) is 0.294. The molecule has 2 rings (SSSR count). The topological polar surface area (TPSA) is 35.2 Å². The molecule has 0 aliphatic carbocycles. The third-order valence-electron chi connectivity index (χ3n) is 3.11. The van der Waals surface area contributed by atoms with Crippen LogP contribution in [-0.2, 0) is 17.6 Å². The standard InChI is InChI=1S/C17H21NO/c18-17-10-8-16(9-11-17)12-14-19-13-4-7-15-5-2-1-3-6-15/h1-3,5-6,8-11H,4,7,12-14,18H2. The van der Waals surface area contributed by atoms with Gasteiger partial charge in [0.2, 0.25) is 0 Å². The maximum absolute atomic E-state index is 5.66. The average Bonchev–Trinajstić information content (AvgIpc) is 2.46. The van der Waals surface area contributed by atoms with E-state index in [1.54, 1.807) is 0 Å². The molecule has 0 aromatic heterocycles. The summed E-state index contributed by atoms with van der Waals surface area (Å²) in [4.78, 5) is 0. The minimum Gasteiger partial charge on any atom is -0.399 e. The van der Waals surface area contributed by atoms with E-state index in [1.807, 2.05) is 18.2 Å². The van der Waals surface area contributed by atoms with Gasteiger partial charge in [0.15, 0.2) is 0 Å². The summed E-state index contributed by atoms with van der Waals surface area (Å²) in [6.45, 7) is 1.60. The van der Waals surface area contributed by atoms with Crippen LogP contribution in [0.3, 0.4) is 0 Å². The molecule has 0 amide bonds. The first-order valence-corrected chi connectivity index (χ1v) is 6.81. The number of benzene rings is 2. The van der Waals surface area contributed by atoms with Crippen LogP contribution in [0, 0.1) is 0 Å². The zero-order valence-corrected chi connectivity index (χ0v) is 11.2. The lowest BCUT2D eigenvalue weighted by Gasteiger charge is -2.05. The zero-order chi connectivity index (χ0) is 13.3. The summed E-state index contributed by atoms with van der Waals surface area (Å²) in [5.74, 6) is 0. The van der Waals surface area contributed by atoms with E-state index in [4.69, 9.17) is 10.5 Å². The Labute approximate surface area is 115 Å². The molecular formula is C17H21NO. The Hall–Kier alpha value is -1.80. The van der Waals surface area contributed by atoms with Crippen LogP contribution < -0.4 is 5.73 Å². The van der Waals surface area contributed by atoms with E-state index in [0.29, 0.717) is 0 Å². The Balaban J connectivity index is 1.56. The number of ether oxygens (including phenoxy) is 1. The van der Waals surface area contributed by atoms with Crippen molar-refractivity contribution in [3.63, 3.8) is 0 Å². The molecule has 0 saturated heterocycles. The number of hydrogen-bond acceptors (Lipinski definition) is 2. The van der Waals surface area contributed by atoms with Gasteiger partial charge in [-0.25, -0.2) is 0 Å². The van der Waals surface area contributed by atoms with Crippen molar-refractivity contribution in [1.82, 2.24) is 0 Å². The van der Waals surface area contributed by atoms with Gasteiger partial charge in [0, 0.05) is 12.3 Å². The maximum atomic E-state index is 5.66. The lowest BCUT2D eigenvalue weighted by atomic mass is 10.1. The van der Waals surface area contributed by atoms with Crippen molar-refractivity contribution >= 4 is 5.69 Å². The molecular weight excluding hydrogens is 234 g/mol. The summed E-state index contributed by atoms with van der Waals surface area (Å²) >= 11 is 0. The molecule has 0 aliphatic rings. The normalized spacial score (nSPS) is 10.5. The van der Waals surface area contributed by atoms with E-state index in [-0.39, 0.29) is 0 Å². The molecule has 0 radical (unpaired) electrons. The van der Waals surface area contributed by atoms with Gasteiger partial charge in [-0.2, -0.15) is 0 Å². The molecule has 0 fully saturated rings. The first kappa shape index (κ1) is 13.6. The van der Waals surface area contributed by atoms with Crippen molar-refractivity contribution in [3.05, 3.63) is 65.7 Å². The number of anilines is 1. The molecule has 19 heavy (non-hydrogen) atoms. The second kappa shape index (κ2) is 7.59. The van der Waals surface area contributed by atoms with E-state index < -0.39 is 0 Å². The molecule has 0 saturated carbocycles. The average molecular weight is 255 g/mol. The Morgan fingerprint density at radius 2 is 1.42 bits per heavy atom. The summed E-state index contributed by atoms with van der Waals surface area (Å²) in [7, 11) is 0. The van der Waals surface area contributed by atoms with Gasteiger partial charge < -0.3 is 10.5 Å². The lowest BCUT2D eigenvalue weighted by Crippen LogP contribution is -2.01. The third-order valence-corrected chi connectivity index (χ3v) is 3.11. The van der Waals surface area contributed by atoms with Crippen LogP contribution in [0.1, 0.15) is 17.5 Å². The molecule has 2 heteroatoms. The molecule has 0 heterocycles. The Bertz CT molecular complexity index is 464. The van der Waals surface area contributed by atoms with Crippen molar-refractivity contribution in [3.8, 4) is 0 Å². The minimum absolute atomic E-state index is 0.776. The molecule has 0 bridgehead atoms. The number of aryl methyl sites for hydroxylation is 1. The molecule has 2 aromatic rings. The van der Waals surface area contributed by atoms with E-state index in [1.165, 1.54) is 11.1 Å². The van der Waals surface area contributed by atoms with Crippen LogP contribution in [0.15, 0.2) is 54.6 Å². The fourth-order valence-corrected chi connectivity index (χ4v) is 2.00. The van der Waals surface area contributed by atoms with Gasteiger partial charge in [0.1, 0.15) is 0 Å². The third kappa shape index (κ3) is 5.14. The maximum Gasteiger partial charge on any atom is 0.0506 e. The van der Waals surface area contributed by atoms with Gasteiger partial charge >= 0.3 is 0 Å². The highest BCUT2D eigenvalue weighted by Gasteiger charge is 1.95. The van der Waals surface area contributed by atoms with Crippen molar-refractivity contribution in [2.24, 2.45) is 0 Å². The molecule has 2 nitrogen and oxygen atoms in total. The monoisotopic (exact) mass is 255 g/mol. The van der Waals surface area contributed by atoms with Crippen LogP contribution in [0.5, 0.6) is 0 Å². The van der Waals surface area contributed by atoms with E-state index in [0.717, 1.165) is 38.2 Å². The molecule has 2 aromatic carbocycles. The smallest absolute Gasteiger partial charge is 0.0506 e. The van der Waals surface area contributed by atoms with E-state index in [2.05, 4.69) is 36.4 Å². The van der Waals surface area contributed by atoms with Crippen LogP contribution in [0.2, 0.25) is 0 Å². The molecule has 2 N–H and O–H groups in total. The number of hydrogen-bond donors (Lipinski definition) is 1. The van der Waals surface area contributed by atoms with Crippen molar-refractivity contribution < 1.29 is 4.74 Å². The highest BCUT2D eigenvalue weighted by atomic mass is 16.5. The SMILES string of the molecule is Nc1ccc(CCOCCCc2ccccc2)cc1. The highest BCUT2D eigenvalue weighted by molar-refractivity contribution is 5.39. The van der Waals surface area contributed by atoms with Crippen molar-refractivity contribution in [2.45, 2.75) is 19.3 Å². The second-order valence-corrected chi connectivity index (χ2v) is 4.69. The van der Waals surface area contributed by atoms with Crippen LogP contribution in [0.25, 0.3) is 0 Å². The number of nitrogens with two attached hydrogens (primary N) is 1. The quantitative estimate of drug-likeness (QED) is 0.607. The molecule has 0 spiro atoms. The highest BCUT2D eigenvalue weighted by Crippen LogP contribution is 2.06. The Morgan fingerprint density at radius 3 is 2.16 bits per heavy atom. The van der Waals surface area contributed by atoms with E-state index in [9.17, 15) is 0 Å². The second-order valence-electron chi connectivity index (χ2n) is 4.69. The van der Waals surface area contributed by atoms with Gasteiger partial charge in [-0.15, -0.1) is 0 Å². The van der Waals surface area contributed by atoms with Gasteiger partial charge in [-0.1, -0.05) is 42.5 Å². The van der Waals surface area contributed by atoms with Crippen LogP contribution in [0.4, 0.5) is 5.69 Å². The minimum atomic E-state index is 0.776. The summed E-state index contributed by atoms with van der Waals surface area (Å²) in [6.07, 6.45) is 3.11.